The van der Waals surface area contributed by atoms with Crippen molar-refractivity contribution in [1.29, 1.82) is 0 Å². The highest BCUT2D eigenvalue weighted by Gasteiger charge is 2.21. The monoisotopic (exact) mass is 437 g/mol. The second-order valence-electron chi connectivity index (χ2n) is 7.86. The van der Waals surface area contributed by atoms with Gasteiger partial charge in [-0.25, -0.2) is 0 Å². The van der Waals surface area contributed by atoms with Crippen LogP contribution in [0.3, 0.4) is 0 Å². The molecule has 168 valence electrons. The van der Waals surface area contributed by atoms with Crippen LogP contribution in [0, 0.1) is 0 Å². The van der Waals surface area contributed by atoms with Gasteiger partial charge >= 0.3 is 0 Å². The third-order valence-corrected chi connectivity index (χ3v) is 5.43. The number of benzene rings is 3. The molecule has 0 saturated carbocycles. The minimum Gasteiger partial charge on any atom is -0.308 e. The Kier molecular flexibility index (Phi) is 8.96. The van der Waals surface area contributed by atoms with E-state index in [1.165, 1.54) is 0 Å². The standard InChI is InChI=1S/C30H31NO2/c1-3-5-21-31(30(33)26-19-13-8-14-20-26)29(25-17-11-7-12-18-25)23-27(22-28(32)4-2)24-15-9-6-10-16-24/h6-20,22-23H,3-5,21H2,1-2H3/b27-22+,29-23-. The Morgan fingerprint density at radius 2 is 1.21 bits per heavy atom. The van der Waals surface area contributed by atoms with Gasteiger partial charge in [-0.15, -0.1) is 0 Å². The molecule has 3 rings (SSSR count). The van der Waals surface area contributed by atoms with Gasteiger partial charge in [0.15, 0.2) is 5.78 Å². The van der Waals surface area contributed by atoms with Gasteiger partial charge in [0.1, 0.15) is 0 Å². The van der Waals surface area contributed by atoms with Crippen LogP contribution in [0.2, 0.25) is 0 Å². The summed E-state index contributed by atoms with van der Waals surface area (Å²) in [6, 6.07) is 29.1. The molecule has 0 spiro atoms. The quantitative estimate of drug-likeness (QED) is 0.252. The third-order valence-electron chi connectivity index (χ3n) is 5.43. The van der Waals surface area contributed by atoms with Crippen LogP contribution in [-0.2, 0) is 4.79 Å². The van der Waals surface area contributed by atoms with Crippen molar-refractivity contribution in [2.75, 3.05) is 6.54 Å². The first kappa shape index (κ1) is 23.9. The van der Waals surface area contributed by atoms with Crippen molar-refractivity contribution in [3.8, 4) is 0 Å². The minimum atomic E-state index is -0.0478. The molecule has 0 saturated heterocycles. The topological polar surface area (TPSA) is 37.4 Å². The van der Waals surface area contributed by atoms with Crippen molar-refractivity contribution in [3.63, 3.8) is 0 Å². The van der Waals surface area contributed by atoms with Gasteiger partial charge in [-0.3, -0.25) is 9.59 Å². The lowest BCUT2D eigenvalue weighted by Crippen LogP contribution is -2.30. The molecule has 0 aromatic heterocycles. The molecule has 0 aliphatic heterocycles. The van der Waals surface area contributed by atoms with Crippen molar-refractivity contribution in [3.05, 3.63) is 120 Å². The van der Waals surface area contributed by atoms with Gasteiger partial charge < -0.3 is 4.90 Å². The van der Waals surface area contributed by atoms with E-state index in [0.717, 1.165) is 35.2 Å². The highest BCUT2D eigenvalue weighted by molar-refractivity contribution is 6.03. The number of rotatable bonds is 10. The van der Waals surface area contributed by atoms with E-state index in [4.69, 9.17) is 0 Å². The zero-order valence-electron chi connectivity index (χ0n) is 19.4. The average Bonchev–Trinajstić information content (AvgIpc) is 2.88. The third kappa shape index (κ3) is 6.63. The SMILES string of the molecule is CCCCN(C(=O)c1ccccc1)/C(=C\C(=C/C(=O)CC)c1ccccc1)c1ccccc1. The fraction of sp³-hybridized carbons (Fsp3) is 0.200. The maximum atomic E-state index is 13.7. The molecule has 0 unspecified atom stereocenters. The number of hydrogen-bond acceptors (Lipinski definition) is 2. The molecule has 33 heavy (non-hydrogen) atoms. The molecular formula is C30H31NO2. The summed E-state index contributed by atoms with van der Waals surface area (Å²) in [7, 11) is 0. The van der Waals surface area contributed by atoms with Crippen molar-refractivity contribution in [2.24, 2.45) is 0 Å². The van der Waals surface area contributed by atoms with E-state index in [2.05, 4.69) is 6.92 Å². The van der Waals surface area contributed by atoms with Crippen molar-refractivity contribution >= 4 is 23.0 Å². The Morgan fingerprint density at radius 1 is 0.697 bits per heavy atom. The fourth-order valence-corrected chi connectivity index (χ4v) is 3.57. The predicted molar refractivity (Wildman–Crippen MR) is 137 cm³/mol. The molecule has 1 amide bonds. The van der Waals surface area contributed by atoms with Gasteiger partial charge in [0, 0.05) is 18.5 Å². The molecule has 0 aliphatic rings. The van der Waals surface area contributed by atoms with Crippen LogP contribution < -0.4 is 0 Å². The number of nitrogens with zero attached hydrogens (tertiary/aromatic N) is 1. The van der Waals surface area contributed by atoms with Crippen LogP contribution in [-0.4, -0.2) is 23.1 Å². The highest BCUT2D eigenvalue weighted by atomic mass is 16.2. The van der Waals surface area contributed by atoms with E-state index < -0.39 is 0 Å². The Balaban J connectivity index is 2.19. The van der Waals surface area contributed by atoms with Crippen LogP contribution in [0.5, 0.6) is 0 Å². The largest absolute Gasteiger partial charge is 0.308 e. The first-order valence-electron chi connectivity index (χ1n) is 11.6. The van der Waals surface area contributed by atoms with Gasteiger partial charge in [-0.1, -0.05) is 99.1 Å². The Bertz CT molecular complexity index is 1100. The highest BCUT2D eigenvalue weighted by Crippen LogP contribution is 2.28. The predicted octanol–water partition coefficient (Wildman–Crippen LogP) is 7.03. The van der Waals surface area contributed by atoms with Crippen LogP contribution in [0.15, 0.2) is 103 Å². The van der Waals surface area contributed by atoms with Crippen LogP contribution in [0.1, 0.15) is 54.6 Å². The molecule has 3 aromatic carbocycles. The first-order valence-corrected chi connectivity index (χ1v) is 11.6. The normalized spacial score (nSPS) is 11.8. The molecule has 0 N–H and O–H groups in total. The van der Waals surface area contributed by atoms with Gasteiger partial charge in [-0.2, -0.15) is 0 Å². The number of carbonyl (C=O) groups excluding carboxylic acids is 2. The summed E-state index contributed by atoms with van der Waals surface area (Å²) in [5.41, 5.74) is 4.10. The maximum Gasteiger partial charge on any atom is 0.258 e. The fourth-order valence-electron chi connectivity index (χ4n) is 3.57. The summed E-state index contributed by atoms with van der Waals surface area (Å²) >= 11 is 0. The second kappa shape index (κ2) is 12.4. The van der Waals surface area contributed by atoms with Crippen molar-refractivity contribution in [2.45, 2.75) is 33.1 Å². The Morgan fingerprint density at radius 3 is 1.73 bits per heavy atom. The van der Waals surface area contributed by atoms with E-state index in [-0.39, 0.29) is 11.7 Å². The number of unbranched alkanes of at least 4 members (excludes halogenated alkanes) is 1. The molecular weight excluding hydrogens is 406 g/mol. The zero-order valence-corrected chi connectivity index (χ0v) is 19.4. The van der Waals surface area contributed by atoms with Crippen molar-refractivity contribution < 1.29 is 9.59 Å². The van der Waals surface area contributed by atoms with E-state index in [1.807, 2.05) is 109 Å². The lowest BCUT2D eigenvalue weighted by atomic mass is 9.99. The number of amides is 1. The van der Waals surface area contributed by atoms with Gasteiger partial charge in [0.05, 0.1) is 5.70 Å². The zero-order chi connectivity index (χ0) is 23.5. The number of hydrogen-bond donors (Lipinski definition) is 0. The molecule has 0 radical (unpaired) electrons. The molecule has 3 nitrogen and oxygen atoms in total. The Labute approximate surface area is 197 Å². The average molecular weight is 438 g/mol. The summed E-state index contributed by atoms with van der Waals surface area (Å²) in [5, 5.41) is 0. The first-order chi connectivity index (χ1) is 16.1. The molecule has 0 heterocycles. The molecule has 3 heteroatoms. The second-order valence-corrected chi connectivity index (χ2v) is 7.86. The Hall–Kier alpha value is -3.72. The van der Waals surface area contributed by atoms with E-state index in [0.29, 0.717) is 18.5 Å². The van der Waals surface area contributed by atoms with Crippen LogP contribution in [0.4, 0.5) is 0 Å². The summed E-state index contributed by atoms with van der Waals surface area (Å²) < 4.78 is 0. The minimum absolute atomic E-state index is 0.0478. The lowest BCUT2D eigenvalue weighted by Gasteiger charge is -2.27. The van der Waals surface area contributed by atoms with E-state index >= 15 is 0 Å². The summed E-state index contributed by atoms with van der Waals surface area (Å²) in [6.45, 7) is 4.57. The maximum absolute atomic E-state index is 13.7. The van der Waals surface area contributed by atoms with Gasteiger partial charge in [0.25, 0.3) is 5.91 Å². The van der Waals surface area contributed by atoms with E-state index in [1.54, 1.807) is 6.08 Å². The summed E-state index contributed by atoms with van der Waals surface area (Å²) in [5.74, 6) is 0.000363. The van der Waals surface area contributed by atoms with E-state index in [9.17, 15) is 9.59 Å². The molecule has 0 atom stereocenters. The van der Waals surface area contributed by atoms with Gasteiger partial charge in [-0.05, 0) is 47.4 Å². The van der Waals surface area contributed by atoms with Crippen LogP contribution >= 0.6 is 0 Å². The van der Waals surface area contributed by atoms with Crippen molar-refractivity contribution in [1.82, 2.24) is 4.90 Å². The van der Waals surface area contributed by atoms with Gasteiger partial charge in [0.2, 0.25) is 0 Å². The molecule has 0 bridgehead atoms. The number of carbonyl (C=O) groups is 2. The van der Waals surface area contributed by atoms with Crippen LogP contribution in [0.25, 0.3) is 11.3 Å². The molecule has 3 aromatic rings. The molecule has 0 fully saturated rings. The number of allylic oxidation sites excluding steroid dienone is 3. The smallest absolute Gasteiger partial charge is 0.258 e. The lowest BCUT2D eigenvalue weighted by molar-refractivity contribution is -0.114. The number of ketones is 1. The summed E-state index contributed by atoms with van der Waals surface area (Å²) in [6.07, 6.45) is 5.93. The molecule has 0 aliphatic carbocycles. The summed E-state index contributed by atoms with van der Waals surface area (Å²) in [4.78, 5) is 27.9.